The minimum absolute atomic E-state index is 0.199. The Morgan fingerprint density at radius 1 is 1.30 bits per heavy atom. The first-order valence-corrected chi connectivity index (χ1v) is 8.06. The third kappa shape index (κ3) is 3.66. The van der Waals surface area contributed by atoms with Gasteiger partial charge in [0.15, 0.2) is 11.6 Å². The van der Waals surface area contributed by atoms with E-state index in [2.05, 4.69) is 4.90 Å². The number of benzene rings is 1. The lowest BCUT2D eigenvalue weighted by Crippen LogP contribution is -2.54. The summed E-state index contributed by atoms with van der Waals surface area (Å²) in [6, 6.07) is 5.04. The molecule has 1 spiro atoms. The average molecular weight is 325 g/mol. The van der Waals surface area contributed by atoms with E-state index in [1.807, 2.05) is 6.07 Å². The number of hydrogen-bond acceptors (Lipinski definition) is 5. The first-order chi connectivity index (χ1) is 11.0. The molecule has 2 saturated heterocycles. The molecule has 0 bridgehead atoms. The summed E-state index contributed by atoms with van der Waals surface area (Å²) >= 11 is 0. The molecule has 5 nitrogen and oxygen atoms in total. The van der Waals surface area contributed by atoms with Crippen LogP contribution in [-0.2, 0) is 11.3 Å². The average Bonchev–Trinajstić information content (AvgIpc) is 2.54. The van der Waals surface area contributed by atoms with Crippen LogP contribution in [0.2, 0.25) is 0 Å². The molecular formula is C17H24FNO4. The van der Waals surface area contributed by atoms with Crippen LogP contribution in [0.15, 0.2) is 18.2 Å². The van der Waals surface area contributed by atoms with Crippen LogP contribution in [0.5, 0.6) is 5.75 Å². The van der Waals surface area contributed by atoms with E-state index in [0.29, 0.717) is 13.0 Å². The van der Waals surface area contributed by atoms with Gasteiger partial charge in [-0.2, -0.15) is 0 Å². The van der Waals surface area contributed by atoms with E-state index in [1.54, 1.807) is 6.07 Å². The minimum Gasteiger partial charge on any atom is -0.494 e. The molecule has 0 aromatic heterocycles. The fraction of sp³-hybridized carbons (Fsp3) is 0.647. The maximum Gasteiger partial charge on any atom is 0.165 e. The first-order valence-electron chi connectivity index (χ1n) is 8.06. The second kappa shape index (κ2) is 6.73. The van der Waals surface area contributed by atoms with Crippen molar-refractivity contribution in [2.75, 3.05) is 26.8 Å². The van der Waals surface area contributed by atoms with E-state index in [0.717, 1.165) is 31.5 Å². The highest BCUT2D eigenvalue weighted by Crippen LogP contribution is 2.35. The number of ether oxygens (including phenoxy) is 2. The Balaban J connectivity index is 1.56. The molecule has 2 aliphatic rings. The van der Waals surface area contributed by atoms with Crippen LogP contribution in [-0.4, -0.2) is 59.7 Å². The lowest BCUT2D eigenvalue weighted by Gasteiger charge is -2.46. The molecular weight excluding hydrogens is 301 g/mol. The molecule has 1 aromatic rings. The molecule has 3 rings (SSSR count). The van der Waals surface area contributed by atoms with Crippen molar-refractivity contribution in [2.45, 2.75) is 43.6 Å². The molecule has 2 heterocycles. The Kier molecular flexibility index (Phi) is 4.87. The molecule has 2 atom stereocenters. The SMILES string of the molecule is COc1ccc(CN2CCC3(CC2)C[C@@H](O)[C@@H](O)CO3)cc1F. The van der Waals surface area contributed by atoms with Crippen LogP contribution in [0, 0.1) is 5.82 Å². The molecule has 2 fully saturated rings. The Labute approximate surface area is 135 Å². The summed E-state index contributed by atoms with van der Waals surface area (Å²) in [6.45, 7) is 2.54. The molecule has 0 radical (unpaired) electrons. The van der Waals surface area contributed by atoms with E-state index in [4.69, 9.17) is 9.47 Å². The van der Waals surface area contributed by atoms with Crippen LogP contribution in [0.4, 0.5) is 4.39 Å². The van der Waals surface area contributed by atoms with Gasteiger partial charge in [-0.05, 0) is 30.5 Å². The lowest BCUT2D eigenvalue weighted by molar-refractivity contribution is -0.188. The van der Waals surface area contributed by atoms with E-state index in [9.17, 15) is 14.6 Å². The van der Waals surface area contributed by atoms with E-state index in [-0.39, 0.29) is 23.8 Å². The van der Waals surface area contributed by atoms with Crippen molar-refractivity contribution < 1.29 is 24.1 Å². The van der Waals surface area contributed by atoms with Crippen LogP contribution < -0.4 is 4.74 Å². The predicted molar refractivity (Wildman–Crippen MR) is 82.8 cm³/mol. The van der Waals surface area contributed by atoms with Gasteiger partial charge in [-0.3, -0.25) is 4.90 Å². The highest BCUT2D eigenvalue weighted by atomic mass is 19.1. The highest BCUT2D eigenvalue weighted by Gasteiger charge is 2.42. The van der Waals surface area contributed by atoms with Gasteiger partial charge in [0.25, 0.3) is 0 Å². The third-order valence-electron chi connectivity index (χ3n) is 4.98. The fourth-order valence-corrected chi connectivity index (χ4v) is 3.48. The van der Waals surface area contributed by atoms with Gasteiger partial charge in [0.05, 0.1) is 25.4 Å². The number of halogens is 1. The molecule has 1 aromatic carbocycles. The fourth-order valence-electron chi connectivity index (χ4n) is 3.48. The second-order valence-electron chi connectivity index (χ2n) is 6.58. The number of aliphatic hydroxyl groups excluding tert-OH is 2. The maximum atomic E-state index is 13.8. The van der Waals surface area contributed by atoms with Gasteiger partial charge >= 0.3 is 0 Å². The number of aliphatic hydroxyl groups is 2. The van der Waals surface area contributed by atoms with Gasteiger partial charge in [-0.15, -0.1) is 0 Å². The largest absolute Gasteiger partial charge is 0.494 e. The number of likely N-dealkylation sites (tertiary alicyclic amines) is 1. The minimum atomic E-state index is -0.777. The Morgan fingerprint density at radius 2 is 2.04 bits per heavy atom. The molecule has 0 unspecified atom stereocenters. The molecule has 0 amide bonds. The smallest absolute Gasteiger partial charge is 0.165 e. The number of rotatable bonds is 3. The second-order valence-corrected chi connectivity index (χ2v) is 6.58. The van der Waals surface area contributed by atoms with Crippen molar-refractivity contribution in [3.8, 4) is 5.75 Å². The Morgan fingerprint density at radius 3 is 2.65 bits per heavy atom. The number of nitrogens with zero attached hydrogens (tertiary/aromatic N) is 1. The monoisotopic (exact) mass is 325 g/mol. The van der Waals surface area contributed by atoms with Crippen LogP contribution in [0.3, 0.4) is 0 Å². The zero-order valence-corrected chi connectivity index (χ0v) is 13.4. The third-order valence-corrected chi connectivity index (χ3v) is 4.98. The van der Waals surface area contributed by atoms with E-state index in [1.165, 1.54) is 13.2 Å². The summed E-state index contributed by atoms with van der Waals surface area (Å²) in [5.74, 6) is -0.0827. The number of hydrogen-bond donors (Lipinski definition) is 2. The van der Waals surface area contributed by atoms with Gasteiger partial charge in [0.2, 0.25) is 0 Å². The summed E-state index contributed by atoms with van der Waals surface area (Å²) < 4.78 is 24.5. The summed E-state index contributed by atoms with van der Waals surface area (Å²) in [6.07, 6.45) is 0.635. The summed E-state index contributed by atoms with van der Waals surface area (Å²) in [4.78, 5) is 2.26. The molecule has 0 aliphatic carbocycles. The maximum absolute atomic E-state index is 13.8. The van der Waals surface area contributed by atoms with Crippen molar-refractivity contribution >= 4 is 0 Å². The van der Waals surface area contributed by atoms with Gasteiger partial charge in [-0.25, -0.2) is 4.39 Å². The van der Waals surface area contributed by atoms with E-state index >= 15 is 0 Å². The van der Waals surface area contributed by atoms with Crippen molar-refractivity contribution in [1.82, 2.24) is 4.90 Å². The van der Waals surface area contributed by atoms with Crippen molar-refractivity contribution in [1.29, 1.82) is 0 Å². The van der Waals surface area contributed by atoms with Crippen molar-refractivity contribution in [3.63, 3.8) is 0 Å². The van der Waals surface area contributed by atoms with Crippen LogP contribution >= 0.6 is 0 Å². The zero-order valence-electron chi connectivity index (χ0n) is 13.4. The summed E-state index contributed by atoms with van der Waals surface area (Å²) in [5.41, 5.74) is 0.597. The Bertz CT molecular complexity index is 545. The highest BCUT2D eigenvalue weighted by molar-refractivity contribution is 5.29. The molecule has 6 heteroatoms. The van der Waals surface area contributed by atoms with Gasteiger partial charge in [-0.1, -0.05) is 6.07 Å². The number of methoxy groups -OCH3 is 1. The topological polar surface area (TPSA) is 62.2 Å². The van der Waals surface area contributed by atoms with Crippen molar-refractivity contribution in [2.24, 2.45) is 0 Å². The molecule has 23 heavy (non-hydrogen) atoms. The quantitative estimate of drug-likeness (QED) is 0.877. The normalized spacial score (nSPS) is 28.0. The van der Waals surface area contributed by atoms with Crippen LogP contribution in [0.1, 0.15) is 24.8 Å². The number of piperidine rings is 1. The van der Waals surface area contributed by atoms with Gasteiger partial charge < -0.3 is 19.7 Å². The van der Waals surface area contributed by atoms with Crippen molar-refractivity contribution in [3.05, 3.63) is 29.6 Å². The molecule has 0 saturated carbocycles. The first kappa shape index (κ1) is 16.6. The lowest BCUT2D eigenvalue weighted by atomic mass is 9.82. The van der Waals surface area contributed by atoms with E-state index < -0.39 is 12.2 Å². The Hall–Kier alpha value is -1.21. The summed E-state index contributed by atoms with van der Waals surface area (Å²) in [7, 11) is 1.46. The molecule has 2 aliphatic heterocycles. The predicted octanol–water partition coefficient (Wildman–Crippen LogP) is 1.31. The van der Waals surface area contributed by atoms with Gasteiger partial charge in [0.1, 0.15) is 6.10 Å². The molecule has 2 N–H and O–H groups in total. The standard InChI is InChI=1S/C17H24FNO4/c1-22-16-3-2-12(8-13(16)18)10-19-6-4-17(5-7-19)9-14(20)15(21)11-23-17/h2-3,8,14-15,20-21H,4-7,9-11H2,1H3/t14-,15+/m1/s1. The zero-order chi connectivity index (χ0) is 16.4. The molecule has 128 valence electrons. The summed E-state index contributed by atoms with van der Waals surface area (Å²) in [5, 5.41) is 19.5. The van der Waals surface area contributed by atoms with Crippen LogP contribution in [0.25, 0.3) is 0 Å². The van der Waals surface area contributed by atoms with Gasteiger partial charge in [0, 0.05) is 26.1 Å².